The number of aliphatic imine (C=N–C) groups is 1. The second kappa shape index (κ2) is 42.9. The lowest BCUT2D eigenvalue weighted by molar-refractivity contribution is -0.141. The minimum absolute atomic E-state index is 0.00386. The smallest absolute Gasteiger partial charge is 0.305 e. The van der Waals surface area contributed by atoms with E-state index in [2.05, 4.69) is 78.1 Å². The van der Waals surface area contributed by atoms with Gasteiger partial charge in [-0.1, -0.05) is 46.8 Å². The summed E-state index contributed by atoms with van der Waals surface area (Å²) < 4.78 is 0. The van der Waals surface area contributed by atoms with Crippen LogP contribution in [0.3, 0.4) is 0 Å². The van der Waals surface area contributed by atoms with Crippen molar-refractivity contribution in [1.82, 2.24) is 78.4 Å². The quantitative estimate of drug-likeness (QED) is 0.0133. The molecule has 0 unspecified atom stereocenters. The van der Waals surface area contributed by atoms with E-state index in [4.69, 9.17) is 28.7 Å². The SMILES string of the molecule is CC(=O)N[C@@H](Cc1cnc[nH]1)C(=O)N[C@@H](CCCCN)C(=O)N[C@@]1(C)CCC/C=C\C[C@@H](C)C[C@@](C)(C(=O)N[C@@H](CC(C)C)C(=O)N[C@@H](CCC(N)=O)C(=O)N[C@@H](CC(=O)O)C(=O)N[C@@H](CO)C(N)=O)NC(=O)[C@H](CCCN=C(N)N)NC(=O)[C@H](Cc2cnc[nH]2)NC(=O)[C@H](CC(C)C)NC1=O. The Bertz CT molecular complexity index is 3220. The number of aliphatic carboxylic acids is 1. The van der Waals surface area contributed by atoms with Crippen LogP contribution in [0.1, 0.15) is 163 Å². The molecule has 2 aromatic rings. The number of amides is 13. The van der Waals surface area contributed by atoms with E-state index in [1.165, 1.54) is 45.8 Å². The summed E-state index contributed by atoms with van der Waals surface area (Å²) in [6, 6.07) is -13.7. The third-order valence-electron chi connectivity index (χ3n) is 16.6. The Kier molecular flexibility index (Phi) is 36.2. The number of hydrogen-bond acceptors (Lipinski definition) is 19. The van der Waals surface area contributed by atoms with Gasteiger partial charge in [-0.25, -0.2) is 9.97 Å². The van der Waals surface area contributed by atoms with Gasteiger partial charge in [0.1, 0.15) is 65.5 Å². The first-order chi connectivity index (χ1) is 48.0. The van der Waals surface area contributed by atoms with Gasteiger partial charge in [0, 0.05) is 56.5 Å². The second-order valence-electron chi connectivity index (χ2n) is 27.0. The lowest BCUT2D eigenvalue weighted by atomic mass is 9.86. The van der Waals surface area contributed by atoms with E-state index < -0.39 is 180 Å². The highest BCUT2D eigenvalue weighted by molar-refractivity contribution is 6.01. The van der Waals surface area contributed by atoms with Crippen molar-refractivity contribution in [3.05, 3.63) is 48.6 Å². The normalized spacial score (nSPS) is 21.5. The number of aromatic nitrogens is 4. The monoisotopic (exact) mass is 1440 g/mol. The van der Waals surface area contributed by atoms with E-state index in [0.717, 1.165) is 0 Å². The lowest BCUT2D eigenvalue weighted by Crippen LogP contribution is -2.65. The summed E-state index contributed by atoms with van der Waals surface area (Å²) in [5.74, 6) is -15.0. The molecule has 13 amide bonds. The Morgan fingerprint density at radius 1 is 0.676 bits per heavy atom. The highest BCUT2D eigenvalue weighted by atomic mass is 16.4. The second-order valence-corrected chi connectivity index (χ2v) is 27.0. The van der Waals surface area contributed by atoms with E-state index in [0.29, 0.717) is 30.7 Å². The van der Waals surface area contributed by atoms with E-state index in [1.54, 1.807) is 46.8 Å². The standard InChI is InChI=1S/C65H107N21O16/c1-35(2)24-44(54(94)79-43(19-20-50(67)89)53(93)81-48(28-51(90)91)58(98)82-49(32-87)52(68)92)84-62(102)65(8)29-37(5)16-11-9-10-13-21-64(7,85-59(99)41(17-12-14-22-66)77-56(96)46(76-38(6)88)26-39-30-71-33-74-39)61(101)83-45(25-36(3)4)55(95)80-47(27-40-31-72-34-75-40)57(97)78-42(60(100)86-65)18-15-23-73-63(69)70/h9,11,30-31,33-37,41-49,87H,10,12-29,32,66H2,1-8H3,(H2,67,89)(H2,68,92)(H,71,74)(H,72,75)(H,76,88)(H,77,96)(H,78,97)(H,79,94)(H,80,95)(H,81,93)(H,82,98)(H,83,101)(H,84,102)(H,85,99)(H,86,100)(H,90,91)(H4,69,70,73)/b11-9-/t37-,41+,42+,43+,44+,45+,46+,47+,48+,49+,64+,65+/m1/s1. The molecule has 12 atom stereocenters. The number of carboxylic acid groups (broad SMARTS) is 1. The van der Waals surface area contributed by atoms with Gasteiger partial charge >= 0.3 is 5.97 Å². The van der Waals surface area contributed by atoms with E-state index in [-0.39, 0.29) is 102 Å². The number of carboxylic acids is 1. The first-order valence-corrected chi connectivity index (χ1v) is 34.1. The number of primary amides is 2. The number of nitrogens with two attached hydrogens (primary N) is 5. The van der Waals surface area contributed by atoms with Crippen LogP contribution < -0.4 is 87.2 Å². The van der Waals surface area contributed by atoms with Gasteiger partial charge in [-0.2, -0.15) is 0 Å². The molecule has 0 saturated carbocycles. The Hall–Kier alpha value is -10.1. The molecule has 0 spiro atoms. The molecule has 25 N–H and O–H groups in total. The van der Waals surface area contributed by atoms with Crippen molar-refractivity contribution in [2.75, 3.05) is 19.7 Å². The maximum absolute atomic E-state index is 15.3. The molecule has 0 aromatic carbocycles. The van der Waals surface area contributed by atoms with Gasteiger partial charge in [-0.05, 0) is 122 Å². The van der Waals surface area contributed by atoms with Gasteiger partial charge in [-0.15, -0.1) is 0 Å². The molecule has 0 radical (unpaired) electrons. The molecule has 0 bridgehead atoms. The number of aliphatic hydroxyl groups is 1. The number of carbonyl (C=O) groups is 14. The van der Waals surface area contributed by atoms with Crippen LogP contribution in [-0.4, -0.2) is 204 Å². The maximum atomic E-state index is 15.3. The van der Waals surface area contributed by atoms with Crippen molar-refractivity contribution in [1.29, 1.82) is 0 Å². The first-order valence-electron chi connectivity index (χ1n) is 34.1. The summed E-state index contributed by atoms with van der Waals surface area (Å²) in [5, 5.41) is 48.1. The van der Waals surface area contributed by atoms with Gasteiger partial charge in [-0.3, -0.25) is 72.1 Å². The van der Waals surface area contributed by atoms with Crippen molar-refractivity contribution >= 4 is 88.7 Å². The van der Waals surface area contributed by atoms with Crippen molar-refractivity contribution < 1.29 is 77.3 Å². The molecule has 3 rings (SSSR count). The highest BCUT2D eigenvalue weighted by Gasteiger charge is 2.43. The lowest BCUT2D eigenvalue weighted by Gasteiger charge is -2.35. The molecule has 0 saturated heterocycles. The van der Waals surface area contributed by atoms with Crippen LogP contribution >= 0.6 is 0 Å². The third kappa shape index (κ3) is 30.8. The topological polar surface area (TPSA) is 612 Å². The van der Waals surface area contributed by atoms with Crippen LogP contribution in [0.4, 0.5) is 0 Å². The van der Waals surface area contributed by atoms with Gasteiger partial charge in [0.25, 0.3) is 0 Å². The average Bonchev–Trinajstić information content (AvgIpc) is 1.28. The zero-order chi connectivity index (χ0) is 76.4. The number of nitrogens with zero attached hydrogens (tertiary/aromatic N) is 3. The number of hydrogen-bond donors (Lipinski definition) is 20. The fraction of sp³-hybridized carbons (Fsp3) is 0.646. The van der Waals surface area contributed by atoms with Crippen molar-refractivity contribution in [2.45, 2.75) is 230 Å². The summed E-state index contributed by atoms with van der Waals surface area (Å²) in [6.45, 7) is 12.1. The van der Waals surface area contributed by atoms with Gasteiger partial charge in [0.15, 0.2) is 5.96 Å². The number of rotatable bonds is 36. The highest BCUT2D eigenvalue weighted by Crippen LogP contribution is 2.24. The number of guanidine groups is 1. The Morgan fingerprint density at radius 3 is 1.83 bits per heavy atom. The molecular formula is C65H107N21O16. The van der Waals surface area contributed by atoms with Crippen LogP contribution in [0, 0.1) is 17.8 Å². The third-order valence-corrected chi connectivity index (χ3v) is 16.6. The molecule has 0 fully saturated rings. The molecule has 568 valence electrons. The summed E-state index contributed by atoms with van der Waals surface area (Å²) in [7, 11) is 0. The van der Waals surface area contributed by atoms with Crippen LogP contribution in [0.5, 0.6) is 0 Å². The number of imidazole rings is 2. The number of allylic oxidation sites excluding steroid dienone is 2. The zero-order valence-electron chi connectivity index (χ0n) is 59.4. The maximum Gasteiger partial charge on any atom is 0.305 e. The minimum Gasteiger partial charge on any atom is -0.481 e. The number of carbonyl (C=O) groups excluding carboxylic acids is 13. The van der Waals surface area contributed by atoms with Crippen LogP contribution in [0.15, 0.2) is 42.2 Å². The Labute approximate surface area is 592 Å². The largest absolute Gasteiger partial charge is 0.481 e. The number of unbranched alkanes of at least 4 members (excludes halogenated alkanes) is 1. The molecule has 0 aliphatic carbocycles. The summed E-state index contributed by atoms with van der Waals surface area (Å²) in [5.41, 5.74) is 24.9. The van der Waals surface area contributed by atoms with E-state index in [1.807, 2.05) is 5.32 Å². The average molecular weight is 1440 g/mol. The molecule has 37 heteroatoms. The van der Waals surface area contributed by atoms with Crippen molar-refractivity contribution in [2.24, 2.45) is 51.4 Å². The van der Waals surface area contributed by atoms with Gasteiger partial charge in [0.2, 0.25) is 76.8 Å². The van der Waals surface area contributed by atoms with Crippen molar-refractivity contribution in [3.63, 3.8) is 0 Å². The Balaban J connectivity index is 2.23. The molecule has 37 nitrogen and oxygen atoms in total. The fourth-order valence-electron chi connectivity index (χ4n) is 11.2. The number of nitrogens with one attached hydrogen (secondary N) is 13. The van der Waals surface area contributed by atoms with E-state index in [9.17, 15) is 63.0 Å². The van der Waals surface area contributed by atoms with Crippen LogP contribution in [-0.2, 0) is 80.0 Å². The predicted molar refractivity (Wildman–Crippen MR) is 371 cm³/mol. The number of aromatic amines is 2. The predicted octanol–water partition coefficient (Wildman–Crippen LogP) is -4.30. The molecular weight excluding hydrogens is 1330 g/mol. The minimum atomic E-state index is -1.98. The van der Waals surface area contributed by atoms with Crippen LogP contribution in [0.2, 0.25) is 0 Å². The van der Waals surface area contributed by atoms with Crippen LogP contribution in [0.25, 0.3) is 0 Å². The zero-order valence-corrected chi connectivity index (χ0v) is 59.4. The molecule has 2 aromatic heterocycles. The number of aliphatic hydroxyl groups excluding tert-OH is 1. The fourth-order valence-corrected chi connectivity index (χ4v) is 11.2. The molecule has 1 aliphatic heterocycles. The first kappa shape index (κ1) is 86.2. The number of H-pyrrole nitrogens is 2. The Morgan fingerprint density at radius 2 is 1.26 bits per heavy atom. The summed E-state index contributed by atoms with van der Waals surface area (Å²) >= 11 is 0. The molecule has 1 aliphatic rings. The molecule has 3 heterocycles. The molecule has 102 heavy (non-hydrogen) atoms. The van der Waals surface area contributed by atoms with Gasteiger partial charge in [0.05, 0.1) is 25.7 Å². The van der Waals surface area contributed by atoms with E-state index >= 15 is 14.4 Å². The van der Waals surface area contributed by atoms with Crippen molar-refractivity contribution in [3.8, 4) is 0 Å². The van der Waals surface area contributed by atoms with Gasteiger partial charge < -0.3 is 107 Å². The summed E-state index contributed by atoms with van der Waals surface area (Å²) in [4.78, 5) is 212. The summed E-state index contributed by atoms with van der Waals surface area (Å²) in [6.07, 6.45) is 8.03.